The third-order valence-electron chi connectivity index (χ3n) is 3.97. The Kier molecular flexibility index (Phi) is 3.23. The van der Waals surface area contributed by atoms with Crippen molar-refractivity contribution in [1.29, 1.82) is 0 Å². The van der Waals surface area contributed by atoms with E-state index in [1.807, 2.05) is 0 Å². The van der Waals surface area contributed by atoms with Crippen molar-refractivity contribution in [2.75, 3.05) is 7.05 Å². The molecule has 6 nitrogen and oxygen atoms in total. The Morgan fingerprint density at radius 2 is 1.76 bits per heavy atom. The molecule has 0 aliphatic carbocycles. The molecule has 21 heavy (non-hydrogen) atoms. The Hall–Kier alpha value is -2.11. The highest BCUT2D eigenvalue weighted by Crippen LogP contribution is 2.34. The predicted molar refractivity (Wildman–Crippen MR) is 74.4 cm³/mol. The minimum Gasteiger partial charge on any atom is -0.509 e. The Morgan fingerprint density at radius 3 is 2.19 bits per heavy atom. The summed E-state index contributed by atoms with van der Waals surface area (Å²) in [6.45, 7) is 6.65. The van der Waals surface area contributed by atoms with Crippen LogP contribution in [0.5, 0.6) is 0 Å². The van der Waals surface area contributed by atoms with Gasteiger partial charge in [0, 0.05) is 7.05 Å². The highest BCUT2D eigenvalue weighted by molar-refractivity contribution is 6.20. The molecule has 0 aromatic rings. The monoisotopic (exact) mass is 293 g/mol. The summed E-state index contributed by atoms with van der Waals surface area (Å²) in [6.07, 6.45) is 1.19. The van der Waals surface area contributed by atoms with Gasteiger partial charge in [-0.2, -0.15) is 0 Å². The summed E-state index contributed by atoms with van der Waals surface area (Å²) in [5.41, 5.74) is -1.96. The van der Waals surface area contributed by atoms with Gasteiger partial charge in [-0.1, -0.05) is 0 Å². The number of cyclic esters (lactones) is 1. The maximum atomic E-state index is 12.1. The van der Waals surface area contributed by atoms with Crippen molar-refractivity contribution >= 4 is 17.7 Å². The number of hydrogen-bond acceptors (Lipinski definition) is 5. The number of rotatable bonds is 1. The lowest BCUT2D eigenvalue weighted by Gasteiger charge is -2.29. The molecule has 2 aliphatic heterocycles. The molecule has 2 aliphatic rings. The summed E-state index contributed by atoms with van der Waals surface area (Å²) in [4.78, 5) is 37.5. The minimum atomic E-state index is -0.871. The Morgan fingerprint density at radius 1 is 1.19 bits per heavy atom. The van der Waals surface area contributed by atoms with Crippen molar-refractivity contribution in [3.63, 3.8) is 0 Å². The third-order valence-corrected chi connectivity index (χ3v) is 3.97. The number of aliphatic hydroxyl groups excluding tert-OH is 1. The highest BCUT2D eigenvalue weighted by Gasteiger charge is 2.44. The number of amides is 1. The number of Topliss-reactive ketones (excluding diaryl/α,β-unsaturated/α-hetero) is 1. The van der Waals surface area contributed by atoms with Crippen LogP contribution in [0.2, 0.25) is 0 Å². The number of carbonyl (C=O) groups is 3. The molecule has 0 aromatic carbocycles. The number of carbonyl (C=O) groups excluding carboxylic acids is 3. The molecule has 0 unspecified atom stereocenters. The lowest BCUT2D eigenvalue weighted by molar-refractivity contribution is -0.159. The molecule has 0 aromatic heterocycles. The number of esters is 1. The van der Waals surface area contributed by atoms with Crippen LogP contribution in [0.25, 0.3) is 0 Å². The van der Waals surface area contributed by atoms with E-state index >= 15 is 0 Å². The number of aliphatic hydroxyl groups is 1. The third kappa shape index (κ3) is 2.34. The molecule has 0 spiro atoms. The van der Waals surface area contributed by atoms with Gasteiger partial charge in [0.2, 0.25) is 0 Å². The molecule has 1 N–H and O–H groups in total. The lowest BCUT2D eigenvalue weighted by atomic mass is 9.92. The van der Waals surface area contributed by atoms with Crippen LogP contribution in [0, 0.1) is 0 Å². The van der Waals surface area contributed by atoms with Crippen LogP contribution in [-0.4, -0.2) is 45.9 Å². The quantitative estimate of drug-likeness (QED) is 0.447. The van der Waals surface area contributed by atoms with E-state index in [9.17, 15) is 19.5 Å². The zero-order chi connectivity index (χ0) is 16.2. The molecular weight excluding hydrogens is 274 g/mol. The van der Waals surface area contributed by atoms with Gasteiger partial charge in [-0.25, -0.2) is 4.79 Å². The van der Waals surface area contributed by atoms with E-state index in [0.29, 0.717) is 0 Å². The molecule has 114 valence electrons. The van der Waals surface area contributed by atoms with Gasteiger partial charge in [0.1, 0.15) is 16.9 Å². The number of ether oxygens (including phenoxy) is 1. The first-order valence-electron chi connectivity index (χ1n) is 6.67. The average molecular weight is 293 g/mol. The van der Waals surface area contributed by atoms with Crippen LogP contribution < -0.4 is 0 Å². The van der Waals surface area contributed by atoms with Crippen molar-refractivity contribution in [3.05, 3.63) is 23.0 Å². The molecule has 1 amide bonds. The smallest absolute Gasteiger partial charge is 0.342 e. The van der Waals surface area contributed by atoms with Crippen LogP contribution in [-0.2, 0) is 19.1 Å². The van der Waals surface area contributed by atoms with Crippen LogP contribution in [0.4, 0.5) is 0 Å². The van der Waals surface area contributed by atoms with Gasteiger partial charge in [-0.05, 0) is 33.8 Å². The van der Waals surface area contributed by atoms with Crippen LogP contribution in [0.1, 0.15) is 34.1 Å². The summed E-state index contributed by atoms with van der Waals surface area (Å²) in [5, 5.41) is 10.2. The second kappa shape index (κ2) is 4.44. The van der Waals surface area contributed by atoms with Gasteiger partial charge in [-0.3, -0.25) is 9.59 Å². The fraction of sp³-hybridized carbons (Fsp3) is 0.533. The van der Waals surface area contributed by atoms with E-state index in [4.69, 9.17) is 4.74 Å². The Labute approximate surface area is 123 Å². The number of nitrogens with zero attached hydrogens (tertiary/aromatic N) is 1. The van der Waals surface area contributed by atoms with E-state index < -0.39 is 28.8 Å². The molecule has 0 atom stereocenters. The summed E-state index contributed by atoms with van der Waals surface area (Å²) in [5.74, 6) is -1.75. The van der Waals surface area contributed by atoms with E-state index in [-0.39, 0.29) is 23.3 Å². The maximum Gasteiger partial charge on any atom is 0.342 e. The van der Waals surface area contributed by atoms with Gasteiger partial charge in [0.05, 0.1) is 17.5 Å². The number of ketones is 1. The summed E-state index contributed by atoms with van der Waals surface area (Å²) in [7, 11) is 1.55. The molecule has 2 heterocycles. The van der Waals surface area contributed by atoms with Gasteiger partial charge in [0.15, 0.2) is 5.78 Å². The van der Waals surface area contributed by atoms with Crippen molar-refractivity contribution in [2.24, 2.45) is 0 Å². The van der Waals surface area contributed by atoms with Crippen LogP contribution >= 0.6 is 0 Å². The fourth-order valence-corrected chi connectivity index (χ4v) is 2.38. The Balaban J connectivity index is 2.45. The summed E-state index contributed by atoms with van der Waals surface area (Å²) < 4.78 is 5.16. The molecule has 6 heteroatoms. The first-order chi connectivity index (χ1) is 9.47. The van der Waals surface area contributed by atoms with Crippen molar-refractivity contribution < 1.29 is 24.2 Å². The first-order valence-corrected chi connectivity index (χ1v) is 6.67. The van der Waals surface area contributed by atoms with Crippen molar-refractivity contribution in [1.82, 2.24) is 4.90 Å². The Bertz CT molecular complexity index is 588. The van der Waals surface area contributed by atoms with Gasteiger partial charge < -0.3 is 14.7 Å². The van der Waals surface area contributed by atoms with Gasteiger partial charge in [0.25, 0.3) is 5.91 Å². The lowest BCUT2D eigenvalue weighted by Crippen LogP contribution is -2.40. The number of hydrogen-bond donors (Lipinski definition) is 1. The molecular formula is C15H19NO5. The summed E-state index contributed by atoms with van der Waals surface area (Å²) in [6, 6.07) is 0. The van der Waals surface area contributed by atoms with E-state index in [0.717, 1.165) is 6.08 Å². The van der Waals surface area contributed by atoms with E-state index in [1.165, 1.54) is 4.90 Å². The van der Waals surface area contributed by atoms with E-state index in [1.54, 1.807) is 34.7 Å². The number of likely N-dealkylation sites (N-methyl/N-ethyl adjacent to an activating group) is 1. The SMILES string of the molecule is CN1C(=O)C(/C=C2\C(=O)CC(C)(C)OC2=O)=C(O)C1(C)C. The zero-order valence-electron chi connectivity index (χ0n) is 12.8. The minimum absolute atomic E-state index is 0.0393. The predicted octanol–water partition coefficient (Wildman–Crippen LogP) is 1.27. The van der Waals surface area contributed by atoms with Gasteiger partial charge >= 0.3 is 5.97 Å². The molecule has 2 rings (SSSR count). The molecule has 1 saturated heterocycles. The van der Waals surface area contributed by atoms with Gasteiger partial charge in [-0.15, -0.1) is 0 Å². The van der Waals surface area contributed by atoms with Crippen molar-refractivity contribution in [3.8, 4) is 0 Å². The highest BCUT2D eigenvalue weighted by atomic mass is 16.6. The zero-order valence-corrected chi connectivity index (χ0v) is 12.8. The molecule has 0 bridgehead atoms. The topological polar surface area (TPSA) is 83.9 Å². The van der Waals surface area contributed by atoms with Crippen LogP contribution in [0.3, 0.4) is 0 Å². The normalized spacial score (nSPS) is 26.6. The fourth-order valence-electron chi connectivity index (χ4n) is 2.38. The maximum absolute atomic E-state index is 12.1. The molecule has 1 fully saturated rings. The standard InChI is InChI=1S/C15H19NO5/c1-14(2)7-10(17)8(13(20)21-14)6-9-11(18)15(3,4)16(5)12(9)19/h6,18H,7H2,1-5H3/b8-6+. The second-order valence-corrected chi connectivity index (χ2v) is 6.49. The average Bonchev–Trinajstić information content (AvgIpc) is 2.46. The first kappa shape index (κ1) is 15.3. The van der Waals surface area contributed by atoms with Crippen LogP contribution in [0.15, 0.2) is 23.0 Å². The van der Waals surface area contributed by atoms with E-state index in [2.05, 4.69) is 0 Å². The second-order valence-electron chi connectivity index (χ2n) is 6.49. The summed E-state index contributed by atoms with van der Waals surface area (Å²) >= 11 is 0. The molecule has 0 radical (unpaired) electrons. The molecule has 0 saturated carbocycles. The van der Waals surface area contributed by atoms with Crippen molar-refractivity contribution in [2.45, 2.75) is 45.3 Å². The largest absolute Gasteiger partial charge is 0.509 e.